The minimum atomic E-state index is 0.583. The predicted octanol–water partition coefficient (Wildman–Crippen LogP) is 13.8. The van der Waals surface area contributed by atoms with E-state index >= 15 is 0 Å². The first-order valence-electron chi connectivity index (χ1n) is 18.9. The molecule has 0 atom stereocenters. The third-order valence-corrected chi connectivity index (χ3v) is 12.4. The summed E-state index contributed by atoms with van der Waals surface area (Å²) in [6, 6.07) is 64.8. The van der Waals surface area contributed by atoms with E-state index < -0.39 is 0 Å². The molecule has 3 aromatic heterocycles. The first-order valence-corrected chi connectivity index (χ1v) is 19.7. The zero-order chi connectivity index (χ0) is 36.7. The Morgan fingerprint density at radius 1 is 0.357 bits per heavy atom. The molecule has 0 aliphatic rings. The summed E-state index contributed by atoms with van der Waals surface area (Å²) in [6.45, 7) is 0. The average molecular weight is 731 g/mol. The summed E-state index contributed by atoms with van der Waals surface area (Å²) in [5, 5.41) is 12.2. The Morgan fingerprint density at radius 2 is 0.911 bits per heavy atom. The van der Waals surface area contributed by atoms with E-state index in [-0.39, 0.29) is 0 Å². The van der Waals surface area contributed by atoms with Gasteiger partial charge in [-0.05, 0) is 33.0 Å². The van der Waals surface area contributed by atoms with Crippen LogP contribution >= 0.6 is 11.3 Å². The number of aromatic nitrogens is 4. The molecule has 260 valence electrons. The number of benzene rings is 9. The number of hydrogen-bond acceptors (Lipinski definition) is 4. The van der Waals surface area contributed by atoms with E-state index in [1.54, 1.807) is 0 Å². The largest absolute Gasteiger partial charge is 0.277 e. The lowest BCUT2D eigenvalue weighted by molar-refractivity contribution is 0.955. The fraction of sp³-hybridized carbons (Fsp3) is 0. The van der Waals surface area contributed by atoms with Gasteiger partial charge in [-0.15, -0.1) is 11.3 Å². The van der Waals surface area contributed by atoms with E-state index in [2.05, 4.69) is 150 Å². The van der Waals surface area contributed by atoms with E-state index in [4.69, 9.17) is 15.0 Å². The van der Waals surface area contributed by atoms with Gasteiger partial charge in [0.25, 0.3) is 0 Å². The fourth-order valence-corrected chi connectivity index (χ4v) is 10.1. The Bertz CT molecular complexity index is 3470. The van der Waals surface area contributed by atoms with E-state index in [0.717, 1.165) is 38.5 Å². The smallest absolute Gasteiger partial charge is 0.238 e. The Kier molecular flexibility index (Phi) is 6.76. The molecule has 0 N–H and O–H groups in total. The molecular weight excluding hydrogens is 701 g/mol. The van der Waals surface area contributed by atoms with E-state index in [1.165, 1.54) is 58.1 Å². The van der Waals surface area contributed by atoms with Crippen LogP contribution in [0.2, 0.25) is 0 Å². The van der Waals surface area contributed by atoms with E-state index in [1.807, 2.05) is 47.7 Å². The zero-order valence-corrected chi connectivity index (χ0v) is 30.8. The summed E-state index contributed by atoms with van der Waals surface area (Å²) < 4.78 is 4.88. The summed E-state index contributed by atoms with van der Waals surface area (Å²) in [6.07, 6.45) is 0. The molecule has 0 radical (unpaired) electrons. The molecule has 0 saturated heterocycles. The van der Waals surface area contributed by atoms with Crippen LogP contribution in [0.4, 0.5) is 0 Å². The summed E-state index contributed by atoms with van der Waals surface area (Å²) in [5.74, 6) is 1.84. The molecule has 5 heteroatoms. The van der Waals surface area contributed by atoms with Crippen LogP contribution in [0.3, 0.4) is 0 Å². The molecule has 0 amide bonds. The SMILES string of the molecule is c1ccc(-c2nc(-c3ccccc3)nc(-n3c4c(-c5cccc6c5sc5ccc7ccccc7c56)cccc4c4c5ccccc5c5ccccc5c43)n2)cc1. The highest BCUT2D eigenvalue weighted by atomic mass is 32.1. The maximum absolute atomic E-state index is 5.37. The van der Waals surface area contributed by atoms with Gasteiger partial charge in [-0.3, -0.25) is 4.57 Å². The average Bonchev–Trinajstić information content (AvgIpc) is 3.84. The number of para-hydroxylation sites is 1. The summed E-state index contributed by atoms with van der Waals surface area (Å²) in [7, 11) is 0. The van der Waals surface area contributed by atoms with Gasteiger partial charge in [-0.2, -0.15) is 9.97 Å². The summed E-state index contributed by atoms with van der Waals surface area (Å²) in [5.41, 5.74) is 6.36. The maximum Gasteiger partial charge on any atom is 0.238 e. The van der Waals surface area contributed by atoms with Crippen molar-refractivity contribution in [3.05, 3.63) is 182 Å². The first-order chi connectivity index (χ1) is 27.8. The quantitative estimate of drug-likeness (QED) is 0.169. The monoisotopic (exact) mass is 730 g/mol. The van der Waals surface area contributed by atoms with Gasteiger partial charge in [0, 0.05) is 58.6 Å². The van der Waals surface area contributed by atoms with Crippen molar-refractivity contribution in [1.29, 1.82) is 0 Å². The van der Waals surface area contributed by atoms with Crippen LogP contribution in [0, 0.1) is 0 Å². The van der Waals surface area contributed by atoms with Crippen molar-refractivity contribution in [2.45, 2.75) is 0 Å². The number of thiophene rings is 1. The van der Waals surface area contributed by atoms with Crippen molar-refractivity contribution < 1.29 is 0 Å². The predicted molar refractivity (Wildman–Crippen MR) is 236 cm³/mol. The maximum atomic E-state index is 5.37. The van der Waals surface area contributed by atoms with Crippen molar-refractivity contribution in [3.63, 3.8) is 0 Å². The van der Waals surface area contributed by atoms with Gasteiger partial charge >= 0.3 is 0 Å². The van der Waals surface area contributed by atoms with Crippen LogP contribution < -0.4 is 0 Å². The standard InChI is InChI=1S/C51H30N4S/c1-3-16-32(17-4-1)49-52-50(33-18-5-2-6-19-33)54-51(53-49)55-46-39(40-26-14-28-42-44-34-20-8-7-15-31(34)29-30-43(44)56-48(40)42)25-13-27-41(46)45-37-23-11-9-21-35(37)36-22-10-12-24-38(36)47(45)55/h1-30H. The van der Waals surface area contributed by atoms with Crippen molar-refractivity contribution in [1.82, 2.24) is 19.5 Å². The molecule has 0 fully saturated rings. The normalized spacial score (nSPS) is 11.9. The second-order valence-corrected chi connectivity index (χ2v) is 15.4. The fourth-order valence-electron chi connectivity index (χ4n) is 8.82. The van der Waals surface area contributed by atoms with Crippen molar-refractivity contribution in [2.75, 3.05) is 0 Å². The Hall–Kier alpha value is -7.21. The van der Waals surface area contributed by atoms with Crippen LogP contribution in [0.25, 0.3) is 114 Å². The summed E-state index contributed by atoms with van der Waals surface area (Å²) >= 11 is 1.87. The number of rotatable bonds is 4. The molecule has 12 aromatic rings. The molecule has 0 spiro atoms. The molecule has 56 heavy (non-hydrogen) atoms. The highest BCUT2D eigenvalue weighted by molar-refractivity contribution is 7.26. The van der Waals surface area contributed by atoms with Crippen LogP contribution in [0.5, 0.6) is 0 Å². The molecule has 4 nitrogen and oxygen atoms in total. The van der Waals surface area contributed by atoms with Gasteiger partial charge in [0.2, 0.25) is 5.95 Å². The number of nitrogens with zero attached hydrogens (tertiary/aromatic N) is 4. The third kappa shape index (κ3) is 4.55. The van der Waals surface area contributed by atoms with Crippen LogP contribution in [-0.2, 0) is 0 Å². The van der Waals surface area contributed by atoms with Gasteiger partial charge < -0.3 is 0 Å². The van der Waals surface area contributed by atoms with Gasteiger partial charge in [-0.25, -0.2) is 4.98 Å². The van der Waals surface area contributed by atoms with E-state index in [0.29, 0.717) is 17.6 Å². The molecule has 3 heterocycles. The second-order valence-electron chi connectivity index (χ2n) is 14.3. The first kappa shape index (κ1) is 31.2. The van der Waals surface area contributed by atoms with Gasteiger partial charge in [0.1, 0.15) is 0 Å². The Morgan fingerprint density at radius 3 is 1.62 bits per heavy atom. The zero-order valence-electron chi connectivity index (χ0n) is 30.0. The molecule has 0 unspecified atom stereocenters. The molecule has 0 bridgehead atoms. The second kappa shape index (κ2) is 12.2. The van der Waals surface area contributed by atoms with E-state index in [9.17, 15) is 0 Å². The van der Waals surface area contributed by atoms with Crippen molar-refractivity contribution in [3.8, 4) is 39.9 Å². The Balaban J connectivity index is 1.28. The number of hydrogen-bond donors (Lipinski definition) is 0. The lowest BCUT2D eigenvalue weighted by Gasteiger charge is -2.14. The van der Waals surface area contributed by atoms with Crippen LogP contribution in [0.1, 0.15) is 0 Å². The lowest BCUT2D eigenvalue weighted by Crippen LogP contribution is -2.07. The molecular formula is C51H30N4S. The number of fused-ring (bicyclic) bond motifs is 13. The highest BCUT2D eigenvalue weighted by Gasteiger charge is 2.25. The van der Waals surface area contributed by atoms with Crippen LogP contribution in [-0.4, -0.2) is 19.5 Å². The molecule has 0 saturated carbocycles. The minimum Gasteiger partial charge on any atom is -0.277 e. The Labute approximate surface area is 325 Å². The van der Waals surface area contributed by atoms with Gasteiger partial charge in [-0.1, -0.05) is 176 Å². The molecule has 0 aliphatic heterocycles. The molecule has 0 aliphatic carbocycles. The topological polar surface area (TPSA) is 43.6 Å². The highest BCUT2D eigenvalue weighted by Crippen LogP contribution is 2.48. The summed E-state index contributed by atoms with van der Waals surface area (Å²) in [4.78, 5) is 15.8. The molecule has 9 aromatic carbocycles. The van der Waals surface area contributed by atoms with Crippen LogP contribution in [0.15, 0.2) is 182 Å². The third-order valence-electron chi connectivity index (χ3n) is 11.2. The van der Waals surface area contributed by atoms with Crippen molar-refractivity contribution in [2.24, 2.45) is 0 Å². The lowest BCUT2D eigenvalue weighted by atomic mass is 9.95. The van der Waals surface area contributed by atoms with Gasteiger partial charge in [0.05, 0.1) is 11.0 Å². The minimum absolute atomic E-state index is 0.583. The van der Waals surface area contributed by atoms with Gasteiger partial charge in [0.15, 0.2) is 11.6 Å². The van der Waals surface area contributed by atoms with Crippen molar-refractivity contribution >= 4 is 85.6 Å². The molecule has 12 rings (SSSR count).